The van der Waals surface area contributed by atoms with Crippen LogP contribution in [0, 0.1) is 0 Å². The van der Waals surface area contributed by atoms with Crippen LogP contribution in [0.3, 0.4) is 0 Å². The summed E-state index contributed by atoms with van der Waals surface area (Å²) in [6, 6.07) is 8.27. The first-order chi connectivity index (χ1) is 8.56. The third-order valence-corrected chi connectivity index (χ3v) is 3.07. The monoisotopic (exact) mass is 310 g/mol. The second-order valence-electron chi connectivity index (χ2n) is 4.15. The predicted octanol–water partition coefficient (Wildman–Crippen LogP) is 3.02. The second kappa shape index (κ2) is 5.49. The van der Waals surface area contributed by atoms with Gasteiger partial charge < -0.3 is 15.5 Å². The summed E-state index contributed by atoms with van der Waals surface area (Å²) in [7, 11) is 0. The molecular weight excluding hydrogens is 296 g/mol. The van der Waals surface area contributed by atoms with Crippen molar-refractivity contribution in [2.45, 2.75) is 25.9 Å². The van der Waals surface area contributed by atoms with Crippen LogP contribution >= 0.6 is 15.9 Å². The molecule has 0 bridgehead atoms. The Labute approximate surface area is 114 Å². The molecule has 2 aromatic rings. The molecule has 0 saturated heterocycles. The first-order valence-corrected chi connectivity index (χ1v) is 6.46. The number of nitrogens with zero attached hydrogens (tertiary/aromatic N) is 2. The summed E-state index contributed by atoms with van der Waals surface area (Å²) < 4.78 is 6.44. The fourth-order valence-electron chi connectivity index (χ4n) is 1.50. The maximum Gasteiger partial charge on any atom is 0.315 e. The molecule has 96 valence electrons. The summed E-state index contributed by atoms with van der Waals surface area (Å²) in [5.41, 5.74) is 6.79. The maximum absolute atomic E-state index is 5.66. The van der Waals surface area contributed by atoms with Crippen molar-refractivity contribution in [2.75, 3.05) is 5.32 Å². The van der Waals surface area contributed by atoms with Gasteiger partial charge in [-0.3, -0.25) is 0 Å². The van der Waals surface area contributed by atoms with E-state index in [1.165, 1.54) is 0 Å². The van der Waals surface area contributed by atoms with Crippen molar-refractivity contribution in [3.63, 3.8) is 0 Å². The van der Waals surface area contributed by atoms with Gasteiger partial charge in [-0.05, 0) is 31.5 Å². The molecule has 1 aromatic carbocycles. The van der Waals surface area contributed by atoms with Crippen molar-refractivity contribution >= 4 is 21.9 Å². The van der Waals surface area contributed by atoms with E-state index >= 15 is 0 Å². The van der Waals surface area contributed by atoms with Gasteiger partial charge in [-0.1, -0.05) is 33.2 Å². The number of rotatable bonds is 4. The fourth-order valence-corrected chi connectivity index (χ4v) is 1.76. The number of anilines is 1. The molecule has 0 spiro atoms. The summed E-state index contributed by atoms with van der Waals surface area (Å²) in [6.07, 6.45) is 0. The third kappa shape index (κ3) is 3.08. The number of halogens is 1. The van der Waals surface area contributed by atoms with Crippen LogP contribution in [0.25, 0.3) is 0 Å². The van der Waals surface area contributed by atoms with E-state index in [2.05, 4.69) is 31.4 Å². The molecule has 2 unspecified atom stereocenters. The van der Waals surface area contributed by atoms with Crippen molar-refractivity contribution in [1.82, 2.24) is 10.2 Å². The van der Waals surface area contributed by atoms with E-state index in [0.717, 1.165) is 10.0 Å². The molecular formula is C12H15BrN4O. The lowest BCUT2D eigenvalue weighted by atomic mass is 10.1. The lowest BCUT2D eigenvalue weighted by Gasteiger charge is -2.12. The zero-order chi connectivity index (χ0) is 13.1. The van der Waals surface area contributed by atoms with Gasteiger partial charge in [0.05, 0.1) is 12.1 Å². The molecule has 1 heterocycles. The molecule has 2 atom stereocenters. The van der Waals surface area contributed by atoms with Gasteiger partial charge in [-0.25, -0.2) is 0 Å². The van der Waals surface area contributed by atoms with Gasteiger partial charge in [0, 0.05) is 4.47 Å². The SMILES string of the molecule is CC(N)c1nnc(NC(C)c2ccc(Br)cc2)o1. The maximum atomic E-state index is 5.66. The topological polar surface area (TPSA) is 77.0 Å². The summed E-state index contributed by atoms with van der Waals surface area (Å²) >= 11 is 3.41. The average Bonchev–Trinajstić information content (AvgIpc) is 2.78. The highest BCUT2D eigenvalue weighted by molar-refractivity contribution is 9.10. The molecule has 2 rings (SSSR count). The van der Waals surface area contributed by atoms with E-state index in [1.807, 2.05) is 31.2 Å². The van der Waals surface area contributed by atoms with Crippen molar-refractivity contribution in [1.29, 1.82) is 0 Å². The van der Waals surface area contributed by atoms with Crippen molar-refractivity contribution < 1.29 is 4.42 Å². The van der Waals surface area contributed by atoms with Gasteiger partial charge in [0.15, 0.2) is 0 Å². The number of hydrogen-bond acceptors (Lipinski definition) is 5. The van der Waals surface area contributed by atoms with Crippen LogP contribution in [0.1, 0.15) is 37.4 Å². The molecule has 0 aliphatic rings. The highest BCUT2D eigenvalue weighted by Gasteiger charge is 2.12. The third-order valence-electron chi connectivity index (χ3n) is 2.54. The molecule has 18 heavy (non-hydrogen) atoms. The molecule has 0 saturated carbocycles. The summed E-state index contributed by atoms with van der Waals surface area (Å²) in [5.74, 6) is 0.431. The molecule has 1 aromatic heterocycles. The Morgan fingerprint density at radius 1 is 1.22 bits per heavy atom. The van der Waals surface area contributed by atoms with Crippen LogP contribution < -0.4 is 11.1 Å². The molecule has 6 heteroatoms. The van der Waals surface area contributed by atoms with Crippen LogP contribution in [-0.2, 0) is 0 Å². The van der Waals surface area contributed by atoms with Crippen LogP contribution in [0.5, 0.6) is 0 Å². The fraction of sp³-hybridized carbons (Fsp3) is 0.333. The molecule has 3 N–H and O–H groups in total. The number of nitrogens with two attached hydrogens (primary N) is 1. The number of aromatic nitrogens is 2. The van der Waals surface area contributed by atoms with E-state index in [0.29, 0.717) is 11.9 Å². The van der Waals surface area contributed by atoms with Gasteiger partial charge in [0.25, 0.3) is 0 Å². The Bertz CT molecular complexity index is 509. The number of hydrogen-bond donors (Lipinski definition) is 2. The molecule has 0 aliphatic heterocycles. The largest absolute Gasteiger partial charge is 0.406 e. The van der Waals surface area contributed by atoms with E-state index in [-0.39, 0.29) is 12.1 Å². The Hall–Kier alpha value is -1.40. The highest BCUT2D eigenvalue weighted by Crippen LogP contribution is 2.21. The summed E-state index contributed by atoms with van der Waals surface area (Å²) in [4.78, 5) is 0. The first kappa shape index (κ1) is 13.0. The highest BCUT2D eigenvalue weighted by atomic mass is 79.9. The Kier molecular flexibility index (Phi) is 3.98. The first-order valence-electron chi connectivity index (χ1n) is 5.67. The van der Waals surface area contributed by atoms with E-state index in [4.69, 9.17) is 10.2 Å². The van der Waals surface area contributed by atoms with Gasteiger partial charge >= 0.3 is 6.01 Å². The molecule has 5 nitrogen and oxygen atoms in total. The van der Waals surface area contributed by atoms with Crippen LogP contribution in [0.15, 0.2) is 33.2 Å². The van der Waals surface area contributed by atoms with E-state index < -0.39 is 0 Å². The zero-order valence-corrected chi connectivity index (χ0v) is 11.8. The predicted molar refractivity (Wildman–Crippen MR) is 73.1 cm³/mol. The van der Waals surface area contributed by atoms with Gasteiger partial charge in [-0.15, -0.1) is 5.10 Å². The van der Waals surface area contributed by atoms with Crippen LogP contribution in [-0.4, -0.2) is 10.2 Å². The van der Waals surface area contributed by atoms with E-state index in [1.54, 1.807) is 6.92 Å². The van der Waals surface area contributed by atoms with Crippen molar-refractivity contribution in [2.24, 2.45) is 5.73 Å². The van der Waals surface area contributed by atoms with Crippen LogP contribution in [0.4, 0.5) is 6.01 Å². The van der Waals surface area contributed by atoms with Crippen LogP contribution in [0.2, 0.25) is 0 Å². The molecule has 0 amide bonds. The normalized spacial score (nSPS) is 14.2. The van der Waals surface area contributed by atoms with E-state index in [9.17, 15) is 0 Å². The van der Waals surface area contributed by atoms with Gasteiger partial charge in [0.1, 0.15) is 0 Å². The van der Waals surface area contributed by atoms with Crippen molar-refractivity contribution in [3.05, 3.63) is 40.2 Å². The standard InChI is InChI=1S/C12H15BrN4O/c1-7(14)11-16-17-12(18-11)15-8(2)9-3-5-10(13)6-4-9/h3-8H,14H2,1-2H3,(H,15,17). The quantitative estimate of drug-likeness (QED) is 0.907. The lowest BCUT2D eigenvalue weighted by molar-refractivity contribution is 0.470. The molecule has 0 aliphatic carbocycles. The summed E-state index contributed by atoms with van der Waals surface area (Å²) in [5, 5.41) is 10.9. The minimum Gasteiger partial charge on any atom is -0.406 e. The molecule has 0 fully saturated rings. The van der Waals surface area contributed by atoms with Crippen molar-refractivity contribution in [3.8, 4) is 0 Å². The number of nitrogens with one attached hydrogen (secondary N) is 1. The minimum atomic E-state index is -0.254. The second-order valence-corrected chi connectivity index (χ2v) is 5.07. The minimum absolute atomic E-state index is 0.0829. The zero-order valence-electron chi connectivity index (χ0n) is 10.2. The Morgan fingerprint density at radius 2 is 1.89 bits per heavy atom. The van der Waals surface area contributed by atoms with Gasteiger partial charge in [0.2, 0.25) is 5.89 Å². The average molecular weight is 311 g/mol. The number of benzene rings is 1. The molecule has 0 radical (unpaired) electrons. The Balaban J connectivity index is 2.06. The Morgan fingerprint density at radius 3 is 2.44 bits per heavy atom. The lowest BCUT2D eigenvalue weighted by Crippen LogP contribution is -2.06. The smallest absolute Gasteiger partial charge is 0.315 e. The van der Waals surface area contributed by atoms with Gasteiger partial charge in [-0.2, -0.15) is 0 Å². The summed E-state index contributed by atoms with van der Waals surface area (Å²) in [6.45, 7) is 3.83.